The van der Waals surface area contributed by atoms with Crippen LogP contribution in [-0.2, 0) is 19.4 Å². The van der Waals surface area contributed by atoms with Crippen LogP contribution in [0, 0.1) is 11.8 Å². The van der Waals surface area contributed by atoms with Gasteiger partial charge in [-0.05, 0) is 42.6 Å². The zero-order valence-electron chi connectivity index (χ0n) is 22.4. The van der Waals surface area contributed by atoms with Gasteiger partial charge in [0.2, 0.25) is 15.7 Å². The van der Waals surface area contributed by atoms with Crippen LogP contribution in [0.2, 0.25) is 18.1 Å². The number of carbonyl (C=O) groups excluding carboxylic acids is 2. The van der Waals surface area contributed by atoms with Gasteiger partial charge in [0.05, 0.1) is 4.90 Å². The van der Waals surface area contributed by atoms with E-state index in [1.165, 1.54) is 12.1 Å². The van der Waals surface area contributed by atoms with E-state index in [9.17, 15) is 18.0 Å². The first kappa shape index (κ1) is 28.5. The van der Waals surface area contributed by atoms with Gasteiger partial charge < -0.3 is 14.6 Å². The summed E-state index contributed by atoms with van der Waals surface area (Å²) in [5.74, 6) is 5.34. The summed E-state index contributed by atoms with van der Waals surface area (Å²) in [5.41, 5.74) is 0. The van der Waals surface area contributed by atoms with Crippen molar-refractivity contribution in [3.8, 4) is 17.6 Å². The Kier molecular flexibility index (Phi) is 8.25. The van der Waals surface area contributed by atoms with E-state index in [0.717, 1.165) is 0 Å². The Morgan fingerprint density at radius 1 is 1.08 bits per heavy atom. The van der Waals surface area contributed by atoms with Crippen molar-refractivity contribution in [1.29, 1.82) is 0 Å². The molecule has 2 atom stereocenters. The first-order valence-electron chi connectivity index (χ1n) is 12.3. The van der Waals surface area contributed by atoms with Gasteiger partial charge in [-0.25, -0.2) is 8.42 Å². The second-order valence-electron chi connectivity index (χ2n) is 10.7. The number of hydrogen-bond donors (Lipinski definition) is 1. The summed E-state index contributed by atoms with van der Waals surface area (Å²) >= 11 is 0. The van der Waals surface area contributed by atoms with E-state index in [1.807, 2.05) is 39.9 Å². The molecule has 7 nitrogen and oxygen atoms in total. The average Bonchev–Trinajstić information content (AvgIpc) is 2.85. The fourth-order valence-corrected chi connectivity index (χ4v) is 10.2. The maximum absolute atomic E-state index is 14.4. The van der Waals surface area contributed by atoms with Crippen LogP contribution in [0.1, 0.15) is 40.5 Å². The number of amides is 2. The second-order valence-corrected chi connectivity index (χ2v) is 17.9. The molecule has 0 aliphatic carbocycles. The van der Waals surface area contributed by atoms with Crippen molar-refractivity contribution >= 4 is 29.9 Å². The zero-order valence-corrected chi connectivity index (χ0v) is 24.2. The lowest BCUT2D eigenvalue weighted by atomic mass is 9.92. The number of sulfone groups is 1. The Morgan fingerprint density at radius 3 is 2.19 bits per heavy atom. The molecule has 2 aromatic carbocycles. The molecule has 2 aromatic rings. The van der Waals surface area contributed by atoms with Crippen LogP contribution < -0.4 is 10.1 Å². The predicted octanol–water partition coefficient (Wildman–Crippen LogP) is 4.37. The molecule has 1 heterocycles. The molecule has 1 N–H and O–H groups in total. The third kappa shape index (κ3) is 5.18. The molecular weight excluding hydrogens is 504 g/mol. The number of benzene rings is 2. The fourth-order valence-electron chi connectivity index (χ4n) is 4.53. The maximum Gasteiger partial charge on any atom is 0.258 e. The van der Waals surface area contributed by atoms with Crippen molar-refractivity contribution in [2.45, 2.75) is 74.5 Å². The van der Waals surface area contributed by atoms with Gasteiger partial charge >= 0.3 is 0 Å². The van der Waals surface area contributed by atoms with Crippen molar-refractivity contribution < 1.29 is 22.7 Å². The molecule has 198 valence electrons. The normalized spacial score (nSPS) is 19.9. The maximum atomic E-state index is 14.4. The van der Waals surface area contributed by atoms with Crippen LogP contribution in [-0.4, -0.2) is 50.6 Å². The summed E-state index contributed by atoms with van der Waals surface area (Å²) in [6.07, 6.45) is 0.335. The Bertz CT molecular complexity index is 1290. The number of nitrogens with one attached hydrogen (secondary N) is 1. The van der Waals surface area contributed by atoms with E-state index in [-0.39, 0.29) is 35.3 Å². The van der Waals surface area contributed by atoms with Crippen LogP contribution in [0.5, 0.6) is 5.75 Å². The van der Waals surface area contributed by atoms with E-state index in [4.69, 9.17) is 4.74 Å². The molecule has 0 radical (unpaired) electrons. The molecule has 0 unspecified atom stereocenters. The van der Waals surface area contributed by atoms with Gasteiger partial charge in [0, 0.05) is 6.42 Å². The molecule has 1 fully saturated rings. The summed E-state index contributed by atoms with van der Waals surface area (Å²) in [6.45, 7) is 11.4. The molecule has 37 heavy (non-hydrogen) atoms. The molecule has 2 amide bonds. The lowest BCUT2D eigenvalue weighted by molar-refractivity contribution is -0.150. The number of carbonyl (C=O) groups is 2. The lowest BCUT2D eigenvalue weighted by Gasteiger charge is -2.64. The van der Waals surface area contributed by atoms with Crippen molar-refractivity contribution in [1.82, 2.24) is 9.88 Å². The first-order chi connectivity index (χ1) is 17.3. The van der Waals surface area contributed by atoms with Gasteiger partial charge in [0.25, 0.3) is 5.91 Å². The van der Waals surface area contributed by atoms with Crippen molar-refractivity contribution in [3.63, 3.8) is 0 Å². The van der Waals surface area contributed by atoms with Crippen LogP contribution in [0.3, 0.4) is 0 Å². The summed E-state index contributed by atoms with van der Waals surface area (Å²) in [6, 6.07) is 15.7. The topological polar surface area (TPSA) is 92.8 Å². The first-order valence-corrected chi connectivity index (χ1v) is 16.7. The summed E-state index contributed by atoms with van der Waals surface area (Å²) in [5, 5.41) is 2.39. The van der Waals surface area contributed by atoms with E-state index >= 15 is 0 Å². The summed E-state index contributed by atoms with van der Waals surface area (Å²) in [4.78, 5) is 25.2. The fraction of sp³-hybridized carbons (Fsp3) is 0.429. The van der Waals surface area contributed by atoms with Crippen LogP contribution in [0.25, 0.3) is 0 Å². The largest absolute Gasteiger partial charge is 0.484 e. The zero-order chi connectivity index (χ0) is 27.5. The molecule has 1 aliphatic heterocycles. The molecule has 1 aliphatic rings. The molecule has 0 aromatic heterocycles. The third-order valence-electron chi connectivity index (χ3n) is 7.41. The van der Waals surface area contributed by atoms with Crippen molar-refractivity contribution in [3.05, 3.63) is 60.7 Å². The summed E-state index contributed by atoms with van der Waals surface area (Å²) in [7, 11) is -6.83. The van der Waals surface area contributed by atoms with E-state index in [0.29, 0.717) is 5.75 Å². The molecule has 0 spiro atoms. The Balaban J connectivity index is 2.09. The highest BCUT2D eigenvalue weighted by Crippen LogP contribution is 2.52. The minimum atomic E-state index is -4.12. The van der Waals surface area contributed by atoms with Gasteiger partial charge in [-0.15, -0.1) is 11.8 Å². The van der Waals surface area contributed by atoms with Crippen LogP contribution >= 0.6 is 0 Å². The third-order valence-corrected chi connectivity index (χ3v) is 15.4. The van der Waals surface area contributed by atoms with Gasteiger partial charge in [-0.3, -0.25) is 9.59 Å². The SMILES string of the molecule is CC#CCC[C@@]1(S(=O)(=O)c2ccccc2)[C@H](NC(=O)COc2ccccc2)C(=O)N1[Si](C)(C)C(C)(C)C. The second kappa shape index (κ2) is 10.7. The van der Waals surface area contributed by atoms with E-state index < -0.39 is 34.9 Å². The van der Waals surface area contributed by atoms with Crippen LogP contribution in [0.15, 0.2) is 65.6 Å². The average molecular weight is 541 g/mol. The Labute approximate surface area is 221 Å². The molecule has 9 heteroatoms. The molecule has 1 saturated heterocycles. The predicted molar refractivity (Wildman–Crippen MR) is 147 cm³/mol. The number of rotatable bonds is 9. The van der Waals surface area contributed by atoms with Gasteiger partial charge in [0.1, 0.15) is 11.8 Å². The van der Waals surface area contributed by atoms with E-state index in [2.05, 4.69) is 17.2 Å². The number of ether oxygens (including phenoxy) is 1. The van der Waals surface area contributed by atoms with Gasteiger partial charge in [-0.1, -0.05) is 70.3 Å². The Morgan fingerprint density at radius 2 is 1.65 bits per heavy atom. The number of hydrogen-bond acceptors (Lipinski definition) is 5. The number of nitrogens with zero attached hydrogens (tertiary/aromatic N) is 1. The smallest absolute Gasteiger partial charge is 0.258 e. The van der Waals surface area contributed by atoms with Crippen molar-refractivity contribution in [2.24, 2.45) is 0 Å². The monoisotopic (exact) mass is 540 g/mol. The Hall–Kier alpha value is -3.09. The van der Waals surface area contributed by atoms with E-state index in [1.54, 1.807) is 54.0 Å². The highest BCUT2D eigenvalue weighted by molar-refractivity contribution is 7.93. The van der Waals surface area contributed by atoms with Crippen LogP contribution in [0.4, 0.5) is 0 Å². The lowest BCUT2D eigenvalue weighted by Crippen LogP contribution is -2.87. The minimum absolute atomic E-state index is 0.0772. The van der Waals surface area contributed by atoms with Gasteiger partial charge in [-0.2, -0.15) is 0 Å². The number of para-hydroxylation sites is 1. The molecule has 0 saturated carbocycles. The molecular formula is C28H36N2O5SSi. The van der Waals surface area contributed by atoms with Crippen molar-refractivity contribution in [2.75, 3.05) is 6.61 Å². The molecule has 3 rings (SSSR count). The standard InChI is InChI=1S/C28H36N2O5SSi/c1-7-8-15-20-28(36(33,34)23-18-13-10-14-19-23)25(26(32)30(28)37(5,6)27(2,3)4)29-24(31)21-35-22-16-11-9-12-17-22/h9-14,16-19,25H,15,20-21H2,1-6H3,(H,29,31)/t25-,28-/m1/s1. The molecule has 0 bridgehead atoms. The highest BCUT2D eigenvalue weighted by Gasteiger charge is 2.72. The highest BCUT2D eigenvalue weighted by atomic mass is 32.2. The quantitative estimate of drug-likeness (QED) is 0.290. The summed E-state index contributed by atoms with van der Waals surface area (Å²) < 4.78 is 36.0. The van der Waals surface area contributed by atoms with Gasteiger partial charge in [0.15, 0.2) is 19.7 Å². The number of β-lactam (4-membered cyclic amide) rings is 1. The minimum Gasteiger partial charge on any atom is -0.484 e.